The average molecular weight is 185 g/mol. The maximum absolute atomic E-state index is 3.46. The standard InChI is InChI=1S/C12H27N/c1-6-8-9-11(10-13-7-2)12(3,4)5/h11,13H,6-10H2,1-5H3. The Kier molecular flexibility index (Phi) is 6.40. The van der Waals surface area contributed by atoms with Gasteiger partial charge < -0.3 is 5.32 Å². The van der Waals surface area contributed by atoms with E-state index in [0.717, 1.165) is 12.5 Å². The molecule has 1 nitrogen and oxygen atoms in total. The third-order valence-corrected chi connectivity index (χ3v) is 2.77. The van der Waals surface area contributed by atoms with Crippen LogP contribution in [-0.2, 0) is 0 Å². The van der Waals surface area contributed by atoms with Crippen LogP contribution in [-0.4, -0.2) is 13.1 Å². The van der Waals surface area contributed by atoms with Gasteiger partial charge in [0.15, 0.2) is 0 Å². The van der Waals surface area contributed by atoms with Gasteiger partial charge in [-0.25, -0.2) is 0 Å². The Labute approximate surface area is 84.3 Å². The summed E-state index contributed by atoms with van der Waals surface area (Å²) in [5.41, 5.74) is 0.456. The highest BCUT2D eigenvalue weighted by atomic mass is 14.8. The zero-order chi connectivity index (χ0) is 10.3. The van der Waals surface area contributed by atoms with E-state index in [1.54, 1.807) is 0 Å². The zero-order valence-electron chi connectivity index (χ0n) is 10.1. The lowest BCUT2D eigenvalue weighted by atomic mass is 9.78. The van der Waals surface area contributed by atoms with Crippen LogP contribution in [0.3, 0.4) is 0 Å². The maximum Gasteiger partial charge on any atom is -0.00156 e. The van der Waals surface area contributed by atoms with Crippen molar-refractivity contribution in [1.82, 2.24) is 5.32 Å². The molecule has 0 amide bonds. The molecular formula is C12H27N. The van der Waals surface area contributed by atoms with Crippen LogP contribution in [0.4, 0.5) is 0 Å². The van der Waals surface area contributed by atoms with E-state index in [2.05, 4.69) is 39.9 Å². The summed E-state index contributed by atoms with van der Waals surface area (Å²) in [6.07, 6.45) is 4.05. The largest absolute Gasteiger partial charge is 0.317 e. The average Bonchev–Trinajstić information content (AvgIpc) is 2.02. The van der Waals surface area contributed by atoms with Gasteiger partial charge in [0.05, 0.1) is 0 Å². The van der Waals surface area contributed by atoms with E-state index in [0.29, 0.717) is 5.41 Å². The van der Waals surface area contributed by atoms with E-state index in [1.807, 2.05) is 0 Å². The van der Waals surface area contributed by atoms with E-state index >= 15 is 0 Å². The van der Waals surface area contributed by atoms with Crippen LogP contribution in [0.5, 0.6) is 0 Å². The number of unbranched alkanes of at least 4 members (excludes halogenated alkanes) is 1. The van der Waals surface area contributed by atoms with Crippen molar-refractivity contribution in [3.8, 4) is 0 Å². The number of hydrogen-bond donors (Lipinski definition) is 1. The Bertz CT molecular complexity index is 105. The minimum atomic E-state index is 0.456. The van der Waals surface area contributed by atoms with Crippen molar-refractivity contribution in [3.05, 3.63) is 0 Å². The molecule has 0 spiro atoms. The molecule has 1 atom stereocenters. The first-order valence-electron chi connectivity index (χ1n) is 5.73. The van der Waals surface area contributed by atoms with Crippen LogP contribution in [0.25, 0.3) is 0 Å². The van der Waals surface area contributed by atoms with E-state index in [4.69, 9.17) is 0 Å². The summed E-state index contributed by atoms with van der Waals surface area (Å²) in [5, 5.41) is 3.46. The summed E-state index contributed by atoms with van der Waals surface area (Å²) < 4.78 is 0. The lowest BCUT2D eigenvalue weighted by Gasteiger charge is -2.31. The number of rotatable bonds is 6. The topological polar surface area (TPSA) is 12.0 Å². The predicted octanol–water partition coefficient (Wildman–Crippen LogP) is 3.45. The predicted molar refractivity (Wildman–Crippen MR) is 61.0 cm³/mol. The highest BCUT2D eigenvalue weighted by Crippen LogP contribution is 2.29. The molecule has 13 heavy (non-hydrogen) atoms. The molecule has 0 heterocycles. The molecule has 1 unspecified atom stereocenters. The lowest BCUT2D eigenvalue weighted by Crippen LogP contribution is -2.31. The van der Waals surface area contributed by atoms with Gasteiger partial charge in [0.2, 0.25) is 0 Å². The summed E-state index contributed by atoms with van der Waals surface area (Å²) in [6.45, 7) is 13.8. The van der Waals surface area contributed by atoms with Crippen molar-refractivity contribution in [1.29, 1.82) is 0 Å². The van der Waals surface area contributed by atoms with E-state index in [-0.39, 0.29) is 0 Å². The van der Waals surface area contributed by atoms with Crippen molar-refractivity contribution >= 4 is 0 Å². The Hall–Kier alpha value is -0.0400. The van der Waals surface area contributed by atoms with E-state index < -0.39 is 0 Å². The van der Waals surface area contributed by atoms with Crippen LogP contribution in [0.1, 0.15) is 53.9 Å². The van der Waals surface area contributed by atoms with Gasteiger partial charge in [-0.05, 0) is 30.8 Å². The first-order chi connectivity index (χ1) is 6.02. The van der Waals surface area contributed by atoms with Crippen molar-refractivity contribution in [2.45, 2.75) is 53.9 Å². The molecule has 0 aromatic carbocycles. The van der Waals surface area contributed by atoms with E-state index in [9.17, 15) is 0 Å². The molecule has 0 saturated carbocycles. The van der Waals surface area contributed by atoms with Gasteiger partial charge in [-0.3, -0.25) is 0 Å². The molecule has 0 rings (SSSR count). The Morgan fingerprint density at radius 1 is 1.15 bits per heavy atom. The van der Waals surface area contributed by atoms with Crippen molar-refractivity contribution < 1.29 is 0 Å². The first kappa shape index (κ1) is 13.0. The van der Waals surface area contributed by atoms with Gasteiger partial charge in [0.25, 0.3) is 0 Å². The van der Waals surface area contributed by atoms with Crippen LogP contribution in [0.2, 0.25) is 0 Å². The molecule has 0 aliphatic heterocycles. The highest BCUT2D eigenvalue weighted by molar-refractivity contribution is 4.75. The number of hydrogen-bond acceptors (Lipinski definition) is 1. The zero-order valence-corrected chi connectivity index (χ0v) is 10.1. The van der Waals surface area contributed by atoms with Crippen LogP contribution in [0.15, 0.2) is 0 Å². The van der Waals surface area contributed by atoms with Gasteiger partial charge in [-0.1, -0.05) is 47.5 Å². The fourth-order valence-corrected chi connectivity index (χ4v) is 1.61. The lowest BCUT2D eigenvalue weighted by molar-refractivity contribution is 0.215. The molecular weight excluding hydrogens is 158 g/mol. The number of nitrogens with one attached hydrogen (secondary N) is 1. The summed E-state index contributed by atoms with van der Waals surface area (Å²) in [7, 11) is 0. The molecule has 0 bridgehead atoms. The second-order valence-electron chi connectivity index (χ2n) is 5.01. The molecule has 0 fully saturated rings. The molecule has 1 heteroatoms. The van der Waals surface area contributed by atoms with Gasteiger partial charge in [0.1, 0.15) is 0 Å². The monoisotopic (exact) mass is 185 g/mol. The quantitative estimate of drug-likeness (QED) is 0.668. The third-order valence-electron chi connectivity index (χ3n) is 2.77. The minimum Gasteiger partial charge on any atom is -0.317 e. The maximum atomic E-state index is 3.46. The fraction of sp³-hybridized carbons (Fsp3) is 1.00. The molecule has 0 radical (unpaired) electrons. The highest BCUT2D eigenvalue weighted by Gasteiger charge is 2.22. The summed E-state index contributed by atoms with van der Waals surface area (Å²) in [6, 6.07) is 0. The van der Waals surface area contributed by atoms with Gasteiger partial charge in [-0.2, -0.15) is 0 Å². The SMILES string of the molecule is CCCCC(CNCC)C(C)(C)C. The summed E-state index contributed by atoms with van der Waals surface area (Å²) in [5.74, 6) is 0.826. The molecule has 0 aliphatic rings. The Morgan fingerprint density at radius 3 is 2.15 bits per heavy atom. The summed E-state index contributed by atoms with van der Waals surface area (Å²) in [4.78, 5) is 0. The van der Waals surface area contributed by atoms with Crippen LogP contribution >= 0.6 is 0 Å². The fourth-order valence-electron chi connectivity index (χ4n) is 1.61. The molecule has 80 valence electrons. The smallest absolute Gasteiger partial charge is 0.00156 e. The molecule has 1 N–H and O–H groups in total. The third kappa shape index (κ3) is 6.09. The van der Waals surface area contributed by atoms with Gasteiger partial charge in [-0.15, -0.1) is 0 Å². The molecule has 0 aromatic heterocycles. The van der Waals surface area contributed by atoms with E-state index in [1.165, 1.54) is 25.8 Å². The van der Waals surface area contributed by atoms with Crippen molar-refractivity contribution in [3.63, 3.8) is 0 Å². The minimum absolute atomic E-state index is 0.456. The Morgan fingerprint density at radius 2 is 1.77 bits per heavy atom. The van der Waals surface area contributed by atoms with Crippen LogP contribution in [0, 0.1) is 11.3 Å². The van der Waals surface area contributed by atoms with Crippen LogP contribution < -0.4 is 5.32 Å². The normalized spacial score (nSPS) is 14.5. The summed E-state index contributed by atoms with van der Waals surface area (Å²) >= 11 is 0. The van der Waals surface area contributed by atoms with Gasteiger partial charge in [0, 0.05) is 0 Å². The Balaban J connectivity index is 3.88. The molecule has 0 saturated heterocycles. The molecule has 0 aromatic rings. The van der Waals surface area contributed by atoms with Gasteiger partial charge >= 0.3 is 0 Å². The molecule has 0 aliphatic carbocycles. The van der Waals surface area contributed by atoms with Crippen molar-refractivity contribution in [2.24, 2.45) is 11.3 Å². The van der Waals surface area contributed by atoms with Crippen molar-refractivity contribution in [2.75, 3.05) is 13.1 Å². The first-order valence-corrected chi connectivity index (χ1v) is 5.73. The second-order valence-corrected chi connectivity index (χ2v) is 5.01. The second kappa shape index (κ2) is 6.42.